The summed E-state index contributed by atoms with van der Waals surface area (Å²) in [6, 6.07) is 9.64. The van der Waals surface area contributed by atoms with Gasteiger partial charge in [-0.25, -0.2) is 0 Å². The molecule has 1 aromatic rings. The van der Waals surface area contributed by atoms with Gasteiger partial charge in [-0.3, -0.25) is 5.01 Å². The molecule has 3 nitrogen and oxygen atoms in total. The molecule has 0 aliphatic rings. The van der Waals surface area contributed by atoms with E-state index in [2.05, 4.69) is 10.3 Å². The summed E-state index contributed by atoms with van der Waals surface area (Å²) < 4.78 is 0. The maximum absolute atomic E-state index is 3.96. The van der Waals surface area contributed by atoms with Crippen LogP contribution in [0.2, 0.25) is 0 Å². The van der Waals surface area contributed by atoms with Gasteiger partial charge in [0.25, 0.3) is 0 Å². The van der Waals surface area contributed by atoms with Crippen LogP contribution in [0.25, 0.3) is 0 Å². The fourth-order valence-corrected chi connectivity index (χ4v) is 0.636. The van der Waals surface area contributed by atoms with Crippen molar-refractivity contribution in [2.45, 2.75) is 0 Å². The molecular weight excluding hydrogens is 138 g/mol. The first-order chi connectivity index (χ1) is 5.29. The number of hydrogen-bond donors (Lipinski definition) is 0. The first kappa shape index (κ1) is 7.72. The Morgan fingerprint density at radius 1 is 1.09 bits per heavy atom. The van der Waals surface area contributed by atoms with Gasteiger partial charge in [0.2, 0.25) is 0 Å². The predicted molar refractivity (Wildman–Crippen MR) is 44.6 cm³/mol. The highest BCUT2D eigenvalue weighted by Gasteiger charge is 1.83. The first-order valence-electron chi connectivity index (χ1n) is 3.43. The van der Waals surface area contributed by atoms with Gasteiger partial charge in [0, 0.05) is 14.1 Å². The van der Waals surface area contributed by atoms with Crippen LogP contribution < -0.4 is 0 Å². The molecular formula is C8H11N3. The average Bonchev–Trinajstić information content (AvgIpc) is 2.03. The molecule has 0 amide bonds. The molecule has 3 heteroatoms. The normalized spacial score (nSPS) is 10.4. The number of rotatable bonds is 2. The standard InChI is InChI=1S/C8H11N3/c1-11(2)10-9-8-6-4-3-5-7-8/h3-7H,1-2H3/b10-9-. The monoisotopic (exact) mass is 149 g/mol. The minimum atomic E-state index is 0.876. The second-order valence-corrected chi connectivity index (χ2v) is 2.37. The fourth-order valence-electron chi connectivity index (χ4n) is 0.636. The van der Waals surface area contributed by atoms with Crippen molar-refractivity contribution < 1.29 is 0 Å². The minimum absolute atomic E-state index is 0.876. The van der Waals surface area contributed by atoms with Crippen LogP contribution in [-0.2, 0) is 0 Å². The van der Waals surface area contributed by atoms with E-state index < -0.39 is 0 Å². The topological polar surface area (TPSA) is 28.0 Å². The van der Waals surface area contributed by atoms with Crippen molar-refractivity contribution in [2.24, 2.45) is 10.3 Å². The molecule has 0 saturated carbocycles. The van der Waals surface area contributed by atoms with Crippen LogP contribution in [0.15, 0.2) is 40.7 Å². The van der Waals surface area contributed by atoms with E-state index in [1.54, 1.807) is 5.01 Å². The SMILES string of the molecule is CN(C)/N=N\c1ccccc1. The Balaban J connectivity index is 2.65. The average molecular weight is 149 g/mol. The Kier molecular flexibility index (Phi) is 2.60. The van der Waals surface area contributed by atoms with Crippen LogP contribution in [0.1, 0.15) is 0 Å². The number of benzene rings is 1. The summed E-state index contributed by atoms with van der Waals surface area (Å²) in [4.78, 5) is 0. The van der Waals surface area contributed by atoms with Gasteiger partial charge in [-0.1, -0.05) is 23.4 Å². The van der Waals surface area contributed by atoms with Crippen molar-refractivity contribution in [2.75, 3.05) is 14.1 Å². The van der Waals surface area contributed by atoms with E-state index in [1.807, 2.05) is 44.4 Å². The van der Waals surface area contributed by atoms with E-state index in [-0.39, 0.29) is 0 Å². The van der Waals surface area contributed by atoms with Crippen LogP contribution in [0.3, 0.4) is 0 Å². The van der Waals surface area contributed by atoms with Gasteiger partial charge < -0.3 is 0 Å². The lowest BCUT2D eigenvalue weighted by Gasteiger charge is -1.99. The van der Waals surface area contributed by atoms with Gasteiger partial charge in [-0.15, -0.1) is 5.11 Å². The molecule has 0 radical (unpaired) electrons. The van der Waals surface area contributed by atoms with Gasteiger partial charge in [0.15, 0.2) is 0 Å². The van der Waals surface area contributed by atoms with E-state index in [1.165, 1.54) is 0 Å². The third-order valence-corrected chi connectivity index (χ3v) is 1.10. The van der Waals surface area contributed by atoms with Crippen molar-refractivity contribution >= 4 is 5.69 Å². The number of hydrogen-bond acceptors (Lipinski definition) is 2. The van der Waals surface area contributed by atoms with Crippen molar-refractivity contribution in [3.8, 4) is 0 Å². The molecule has 58 valence electrons. The molecule has 0 aliphatic carbocycles. The van der Waals surface area contributed by atoms with Gasteiger partial charge in [-0.2, -0.15) is 0 Å². The van der Waals surface area contributed by atoms with Crippen molar-refractivity contribution in [3.05, 3.63) is 30.3 Å². The zero-order valence-corrected chi connectivity index (χ0v) is 6.73. The molecule has 0 bridgehead atoms. The molecule has 11 heavy (non-hydrogen) atoms. The van der Waals surface area contributed by atoms with Gasteiger partial charge >= 0.3 is 0 Å². The second-order valence-electron chi connectivity index (χ2n) is 2.37. The molecule has 0 saturated heterocycles. The molecule has 0 heterocycles. The summed E-state index contributed by atoms with van der Waals surface area (Å²) in [7, 11) is 3.68. The molecule has 1 rings (SSSR count). The van der Waals surface area contributed by atoms with Crippen molar-refractivity contribution in [1.82, 2.24) is 5.01 Å². The molecule has 0 spiro atoms. The number of nitrogens with zero attached hydrogens (tertiary/aromatic N) is 3. The Bertz CT molecular complexity index is 228. The fraction of sp³-hybridized carbons (Fsp3) is 0.250. The van der Waals surface area contributed by atoms with Gasteiger partial charge in [0.1, 0.15) is 0 Å². The van der Waals surface area contributed by atoms with E-state index in [4.69, 9.17) is 0 Å². The summed E-state index contributed by atoms with van der Waals surface area (Å²) in [5.74, 6) is 0. The summed E-state index contributed by atoms with van der Waals surface area (Å²) >= 11 is 0. The predicted octanol–water partition coefficient (Wildman–Crippen LogP) is 2.25. The molecule has 0 aromatic heterocycles. The molecule has 0 N–H and O–H groups in total. The summed E-state index contributed by atoms with van der Waals surface area (Å²) in [5, 5.41) is 9.47. The molecule has 0 unspecified atom stereocenters. The van der Waals surface area contributed by atoms with E-state index >= 15 is 0 Å². The van der Waals surface area contributed by atoms with Crippen molar-refractivity contribution in [1.29, 1.82) is 0 Å². The van der Waals surface area contributed by atoms with E-state index in [9.17, 15) is 0 Å². The van der Waals surface area contributed by atoms with Crippen LogP contribution in [-0.4, -0.2) is 19.1 Å². The highest BCUT2D eigenvalue weighted by atomic mass is 15.5. The summed E-state index contributed by atoms with van der Waals surface area (Å²) in [6.45, 7) is 0. The maximum atomic E-state index is 3.96. The molecule has 0 fully saturated rings. The lowest BCUT2D eigenvalue weighted by Crippen LogP contribution is -1.98. The maximum Gasteiger partial charge on any atom is 0.0874 e. The lowest BCUT2D eigenvalue weighted by atomic mass is 10.3. The minimum Gasteiger partial charge on any atom is -0.285 e. The molecule has 0 aliphatic heterocycles. The Morgan fingerprint density at radius 2 is 1.73 bits per heavy atom. The quantitative estimate of drug-likeness (QED) is 0.468. The van der Waals surface area contributed by atoms with Crippen LogP contribution in [0.4, 0.5) is 5.69 Å². The molecule has 1 aromatic carbocycles. The Hall–Kier alpha value is -1.38. The third-order valence-electron chi connectivity index (χ3n) is 1.10. The van der Waals surface area contributed by atoms with Gasteiger partial charge in [0.05, 0.1) is 5.69 Å². The summed E-state index contributed by atoms with van der Waals surface area (Å²) in [6.07, 6.45) is 0. The Morgan fingerprint density at radius 3 is 2.27 bits per heavy atom. The van der Waals surface area contributed by atoms with Gasteiger partial charge in [-0.05, 0) is 12.1 Å². The largest absolute Gasteiger partial charge is 0.285 e. The van der Waals surface area contributed by atoms with Crippen LogP contribution in [0.5, 0.6) is 0 Å². The van der Waals surface area contributed by atoms with Crippen LogP contribution >= 0.6 is 0 Å². The third kappa shape index (κ3) is 2.80. The molecule has 0 atom stereocenters. The van der Waals surface area contributed by atoms with E-state index in [0.29, 0.717) is 0 Å². The van der Waals surface area contributed by atoms with Crippen molar-refractivity contribution in [3.63, 3.8) is 0 Å². The second kappa shape index (κ2) is 3.71. The Labute approximate surface area is 66.3 Å². The summed E-state index contributed by atoms with van der Waals surface area (Å²) in [5.41, 5.74) is 0.876. The highest BCUT2D eigenvalue weighted by molar-refractivity contribution is 5.34. The smallest absolute Gasteiger partial charge is 0.0874 e. The highest BCUT2D eigenvalue weighted by Crippen LogP contribution is 2.09. The van der Waals surface area contributed by atoms with Crippen LogP contribution in [0, 0.1) is 0 Å². The zero-order valence-electron chi connectivity index (χ0n) is 6.73. The van der Waals surface area contributed by atoms with E-state index in [0.717, 1.165) is 5.69 Å². The lowest BCUT2D eigenvalue weighted by molar-refractivity contribution is 0.408. The first-order valence-corrected chi connectivity index (χ1v) is 3.43. The zero-order chi connectivity index (χ0) is 8.10.